The maximum absolute atomic E-state index is 11.5. The number of nitrogens with zero attached hydrogens (tertiary/aromatic N) is 1. The highest BCUT2D eigenvalue weighted by Gasteiger charge is 2.16. The van der Waals surface area contributed by atoms with Crippen LogP contribution in [0.25, 0.3) is 0 Å². The summed E-state index contributed by atoms with van der Waals surface area (Å²) >= 11 is 0. The van der Waals surface area contributed by atoms with Crippen molar-refractivity contribution in [3.63, 3.8) is 0 Å². The minimum atomic E-state index is -0.662. The van der Waals surface area contributed by atoms with E-state index in [1.165, 1.54) is 0 Å². The van der Waals surface area contributed by atoms with Crippen LogP contribution in [0.5, 0.6) is 0 Å². The lowest BCUT2D eigenvalue weighted by Crippen LogP contribution is -2.46. The Balaban J connectivity index is 2.51. The first-order valence-corrected chi connectivity index (χ1v) is 5.34. The molecule has 1 rings (SSSR count). The molecule has 0 heterocycles. The lowest BCUT2D eigenvalue weighted by Gasteiger charge is -2.20. The van der Waals surface area contributed by atoms with Crippen LogP contribution in [0.4, 0.5) is 5.69 Å². The Kier molecular flexibility index (Phi) is 4.66. The minimum Gasteiger partial charge on any atom is -0.333 e. The maximum Gasteiger partial charge on any atom is 0.313 e. The molecule has 0 aliphatic heterocycles. The first-order valence-electron chi connectivity index (χ1n) is 5.34. The molecule has 17 heavy (non-hydrogen) atoms. The van der Waals surface area contributed by atoms with Crippen molar-refractivity contribution < 1.29 is 9.59 Å². The van der Waals surface area contributed by atoms with E-state index in [1.54, 1.807) is 36.1 Å². The van der Waals surface area contributed by atoms with Crippen LogP contribution in [0.3, 0.4) is 0 Å². The zero-order valence-electron chi connectivity index (χ0n) is 10.2. The van der Waals surface area contributed by atoms with Crippen LogP contribution in [-0.2, 0) is 9.59 Å². The monoisotopic (exact) mass is 235 g/mol. The molecule has 0 spiro atoms. The Labute approximate surface area is 101 Å². The molecule has 1 aromatic rings. The minimum absolute atomic E-state index is 0.191. The van der Waals surface area contributed by atoms with Gasteiger partial charge in [0, 0.05) is 5.69 Å². The summed E-state index contributed by atoms with van der Waals surface area (Å²) in [6, 6.07) is 8.86. The summed E-state index contributed by atoms with van der Waals surface area (Å²) in [6.45, 7) is 1.80. The molecular formula is C12H17N3O2. The zero-order chi connectivity index (χ0) is 12.8. The number of para-hydroxylation sites is 1. The highest BCUT2D eigenvalue weighted by atomic mass is 16.2. The zero-order valence-corrected chi connectivity index (χ0v) is 10.2. The number of benzene rings is 1. The Morgan fingerprint density at radius 1 is 1.12 bits per heavy atom. The predicted molar refractivity (Wildman–Crippen MR) is 66.4 cm³/mol. The van der Waals surface area contributed by atoms with Gasteiger partial charge >= 0.3 is 11.8 Å². The third kappa shape index (κ3) is 4.24. The molecule has 0 bridgehead atoms. The maximum atomic E-state index is 11.5. The molecule has 0 saturated heterocycles. The number of hydrogen-bond donors (Lipinski definition) is 2. The molecule has 1 unspecified atom stereocenters. The smallest absolute Gasteiger partial charge is 0.313 e. The first kappa shape index (κ1) is 13.2. The lowest BCUT2D eigenvalue weighted by molar-refractivity contribution is -0.137. The predicted octanol–water partition coefficient (Wildman–Crippen LogP) is 0.649. The summed E-state index contributed by atoms with van der Waals surface area (Å²) < 4.78 is 0. The van der Waals surface area contributed by atoms with Crippen molar-refractivity contribution in [3.8, 4) is 0 Å². The molecule has 0 fully saturated rings. The van der Waals surface area contributed by atoms with Gasteiger partial charge in [-0.1, -0.05) is 18.2 Å². The Hall–Kier alpha value is -1.88. The summed E-state index contributed by atoms with van der Waals surface area (Å²) in [7, 11) is 3.64. The quantitative estimate of drug-likeness (QED) is 0.597. The van der Waals surface area contributed by atoms with Gasteiger partial charge in [0.15, 0.2) is 0 Å². The molecule has 2 N–H and O–H groups in total. The van der Waals surface area contributed by atoms with E-state index in [0.717, 1.165) is 0 Å². The van der Waals surface area contributed by atoms with Gasteiger partial charge < -0.3 is 10.6 Å². The van der Waals surface area contributed by atoms with Crippen molar-refractivity contribution in [2.45, 2.75) is 13.1 Å². The molecule has 2 amide bonds. The summed E-state index contributed by atoms with van der Waals surface area (Å²) in [6.07, 6.45) is -0.191. The summed E-state index contributed by atoms with van der Waals surface area (Å²) in [5.41, 5.74) is 0.602. The molecule has 1 atom stereocenters. The largest absolute Gasteiger partial charge is 0.333 e. The fourth-order valence-corrected chi connectivity index (χ4v) is 1.09. The van der Waals surface area contributed by atoms with Gasteiger partial charge in [-0.25, -0.2) is 0 Å². The van der Waals surface area contributed by atoms with Crippen LogP contribution in [0.1, 0.15) is 6.92 Å². The third-order valence-electron chi connectivity index (χ3n) is 2.35. The van der Waals surface area contributed by atoms with Gasteiger partial charge in [-0.15, -0.1) is 0 Å². The number of rotatable bonds is 3. The van der Waals surface area contributed by atoms with E-state index in [4.69, 9.17) is 0 Å². The number of hydrogen-bond acceptors (Lipinski definition) is 3. The number of carbonyl (C=O) groups excluding carboxylic acids is 2. The van der Waals surface area contributed by atoms with Gasteiger partial charge in [-0.05, 0) is 33.2 Å². The van der Waals surface area contributed by atoms with Crippen LogP contribution in [0.15, 0.2) is 30.3 Å². The Morgan fingerprint density at radius 3 is 2.24 bits per heavy atom. The second-order valence-electron chi connectivity index (χ2n) is 3.93. The van der Waals surface area contributed by atoms with Crippen molar-refractivity contribution in [2.75, 3.05) is 19.4 Å². The van der Waals surface area contributed by atoms with Crippen LogP contribution in [0.2, 0.25) is 0 Å². The first-order chi connectivity index (χ1) is 8.00. The van der Waals surface area contributed by atoms with E-state index in [0.29, 0.717) is 5.69 Å². The van der Waals surface area contributed by atoms with E-state index in [1.807, 2.05) is 20.2 Å². The Morgan fingerprint density at radius 2 is 1.71 bits per heavy atom. The fourth-order valence-electron chi connectivity index (χ4n) is 1.09. The van der Waals surface area contributed by atoms with Crippen LogP contribution in [0, 0.1) is 0 Å². The van der Waals surface area contributed by atoms with E-state index >= 15 is 0 Å². The molecule has 92 valence electrons. The van der Waals surface area contributed by atoms with Crippen LogP contribution in [-0.4, -0.2) is 37.0 Å². The van der Waals surface area contributed by atoms with Crippen molar-refractivity contribution in [2.24, 2.45) is 0 Å². The second-order valence-corrected chi connectivity index (χ2v) is 3.93. The normalized spacial score (nSPS) is 12.0. The van der Waals surface area contributed by atoms with Crippen LogP contribution >= 0.6 is 0 Å². The second kappa shape index (κ2) is 6.00. The molecule has 5 nitrogen and oxygen atoms in total. The van der Waals surface area contributed by atoms with E-state index < -0.39 is 11.8 Å². The summed E-state index contributed by atoms with van der Waals surface area (Å²) in [4.78, 5) is 24.8. The topological polar surface area (TPSA) is 61.4 Å². The number of nitrogens with one attached hydrogen (secondary N) is 2. The number of amides is 2. The van der Waals surface area contributed by atoms with E-state index in [9.17, 15) is 9.59 Å². The third-order valence-corrected chi connectivity index (χ3v) is 2.35. The van der Waals surface area contributed by atoms with Gasteiger partial charge in [-0.3, -0.25) is 14.5 Å². The molecular weight excluding hydrogens is 218 g/mol. The molecule has 0 aliphatic carbocycles. The van der Waals surface area contributed by atoms with Crippen molar-refractivity contribution in [1.82, 2.24) is 10.2 Å². The fraction of sp³-hybridized carbons (Fsp3) is 0.333. The number of carbonyl (C=O) groups is 2. The summed E-state index contributed by atoms with van der Waals surface area (Å²) in [5, 5.41) is 5.09. The average molecular weight is 235 g/mol. The number of anilines is 1. The van der Waals surface area contributed by atoms with E-state index in [2.05, 4.69) is 10.6 Å². The van der Waals surface area contributed by atoms with Gasteiger partial charge in [0.1, 0.15) is 0 Å². The molecule has 1 aromatic carbocycles. The van der Waals surface area contributed by atoms with Crippen molar-refractivity contribution in [1.29, 1.82) is 0 Å². The van der Waals surface area contributed by atoms with Gasteiger partial charge in [0.25, 0.3) is 0 Å². The molecule has 5 heteroatoms. The SMILES string of the molecule is CC(NC(=O)C(=O)Nc1ccccc1)N(C)C. The molecule has 0 aliphatic rings. The van der Waals surface area contributed by atoms with Crippen LogP contribution < -0.4 is 10.6 Å². The van der Waals surface area contributed by atoms with Gasteiger partial charge in [0.2, 0.25) is 0 Å². The molecule has 0 aromatic heterocycles. The van der Waals surface area contributed by atoms with Crippen molar-refractivity contribution in [3.05, 3.63) is 30.3 Å². The van der Waals surface area contributed by atoms with Gasteiger partial charge in [-0.2, -0.15) is 0 Å². The molecule has 0 saturated carbocycles. The van der Waals surface area contributed by atoms with E-state index in [-0.39, 0.29) is 6.17 Å². The Bertz CT molecular complexity index is 390. The average Bonchev–Trinajstić information content (AvgIpc) is 2.29. The highest BCUT2D eigenvalue weighted by Crippen LogP contribution is 2.04. The lowest BCUT2D eigenvalue weighted by atomic mass is 10.3. The molecule has 0 radical (unpaired) electrons. The summed E-state index contributed by atoms with van der Waals surface area (Å²) in [5.74, 6) is -1.31. The van der Waals surface area contributed by atoms with Gasteiger partial charge in [0.05, 0.1) is 6.17 Å². The standard InChI is InChI=1S/C12H17N3O2/c1-9(15(2)3)13-11(16)12(17)14-10-7-5-4-6-8-10/h4-9H,1-3H3,(H,13,16)(H,14,17). The highest BCUT2D eigenvalue weighted by molar-refractivity contribution is 6.39. The van der Waals surface area contributed by atoms with Crippen molar-refractivity contribution >= 4 is 17.5 Å².